The topological polar surface area (TPSA) is 27.3 Å². The summed E-state index contributed by atoms with van der Waals surface area (Å²) in [6, 6.07) is 11.5. The highest BCUT2D eigenvalue weighted by Gasteiger charge is 2.27. The van der Waals surface area contributed by atoms with Crippen LogP contribution in [0.3, 0.4) is 0 Å². The van der Waals surface area contributed by atoms with E-state index in [-0.39, 0.29) is 0 Å². The van der Waals surface area contributed by atoms with E-state index in [2.05, 4.69) is 45.9 Å². The number of rotatable bonds is 3. The summed E-state index contributed by atoms with van der Waals surface area (Å²) in [5.41, 5.74) is 1.44. The number of nitrogens with one attached hydrogen (secondary N) is 2. The van der Waals surface area contributed by atoms with Gasteiger partial charge >= 0.3 is 0 Å². The highest BCUT2D eigenvalue weighted by Crippen LogP contribution is 2.21. The van der Waals surface area contributed by atoms with Gasteiger partial charge in [-0.05, 0) is 30.9 Å². The molecule has 2 atom stereocenters. The largest absolute Gasteiger partial charge is 0.314 e. The molecule has 2 N–H and O–H groups in total. The van der Waals surface area contributed by atoms with Crippen LogP contribution < -0.4 is 10.6 Å². The van der Waals surface area contributed by atoms with Crippen LogP contribution in [0.15, 0.2) is 30.3 Å². The van der Waals surface area contributed by atoms with E-state index in [4.69, 9.17) is 0 Å². The van der Waals surface area contributed by atoms with Crippen molar-refractivity contribution in [2.45, 2.75) is 25.4 Å². The molecule has 2 saturated heterocycles. The van der Waals surface area contributed by atoms with Crippen LogP contribution in [0.4, 0.5) is 0 Å². The number of hydrogen-bond acceptors (Lipinski definition) is 3. The molecule has 0 spiro atoms. The van der Waals surface area contributed by atoms with E-state index in [1.807, 2.05) is 0 Å². The van der Waals surface area contributed by atoms with Crippen LogP contribution in [0.1, 0.15) is 18.4 Å². The molecule has 0 bridgehead atoms. The van der Waals surface area contributed by atoms with E-state index in [0.717, 1.165) is 32.1 Å². The summed E-state index contributed by atoms with van der Waals surface area (Å²) in [7, 11) is 0. The summed E-state index contributed by atoms with van der Waals surface area (Å²) in [4.78, 5) is 2.62. The van der Waals surface area contributed by atoms with E-state index in [0.29, 0.717) is 6.04 Å². The molecule has 104 valence electrons. The second kappa shape index (κ2) is 6.51. The number of piperidine rings is 1. The Balaban J connectivity index is 1.55. The van der Waals surface area contributed by atoms with Crippen molar-refractivity contribution in [3.63, 3.8) is 0 Å². The molecule has 3 nitrogen and oxygen atoms in total. The minimum atomic E-state index is 0.673. The third-order valence-electron chi connectivity index (χ3n) is 4.43. The van der Waals surface area contributed by atoms with E-state index >= 15 is 0 Å². The zero-order chi connectivity index (χ0) is 12.9. The Morgan fingerprint density at radius 1 is 1.16 bits per heavy atom. The standard InChI is InChI=1S/C16H25N3/c1-2-5-14(6-3-1)12-19-10-4-7-15(13-19)16-11-17-8-9-18-16/h1-3,5-6,15-18H,4,7-13H2. The van der Waals surface area contributed by atoms with E-state index < -0.39 is 0 Å². The fourth-order valence-electron chi connectivity index (χ4n) is 3.41. The lowest BCUT2D eigenvalue weighted by Crippen LogP contribution is -2.55. The lowest BCUT2D eigenvalue weighted by Gasteiger charge is -2.39. The fraction of sp³-hybridized carbons (Fsp3) is 0.625. The predicted molar refractivity (Wildman–Crippen MR) is 79.1 cm³/mol. The molecule has 19 heavy (non-hydrogen) atoms. The predicted octanol–water partition coefficient (Wildman–Crippen LogP) is 1.46. The van der Waals surface area contributed by atoms with Crippen LogP contribution in [-0.2, 0) is 6.54 Å². The van der Waals surface area contributed by atoms with Gasteiger partial charge in [-0.3, -0.25) is 4.90 Å². The van der Waals surface area contributed by atoms with Crippen molar-refractivity contribution >= 4 is 0 Å². The van der Waals surface area contributed by atoms with Crippen molar-refractivity contribution in [2.24, 2.45) is 5.92 Å². The maximum atomic E-state index is 3.68. The first-order valence-electron chi connectivity index (χ1n) is 7.62. The molecule has 1 aromatic rings. The second-order valence-corrected chi connectivity index (χ2v) is 5.89. The van der Waals surface area contributed by atoms with Gasteiger partial charge in [-0.1, -0.05) is 30.3 Å². The average Bonchev–Trinajstić information content (AvgIpc) is 2.49. The molecule has 3 rings (SSSR count). The van der Waals surface area contributed by atoms with Crippen molar-refractivity contribution in [3.8, 4) is 0 Å². The minimum Gasteiger partial charge on any atom is -0.314 e. The van der Waals surface area contributed by atoms with Crippen LogP contribution in [0.5, 0.6) is 0 Å². The Morgan fingerprint density at radius 2 is 2.05 bits per heavy atom. The molecule has 0 aromatic heterocycles. The maximum absolute atomic E-state index is 3.68. The number of likely N-dealkylation sites (tertiary alicyclic amines) is 1. The molecule has 0 radical (unpaired) electrons. The van der Waals surface area contributed by atoms with Gasteiger partial charge in [-0.25, -0.2) is 0 Å². The van der Waals surface area contributed by atoms with Gasteiger partial charge in [0.1, 0.15) is 0 Å². The zero-order valence-electron chi connectivity index (χ0n) is 11.6. The first kappa shape index (κ1) is 13.1. The Hall–Kier alpha value is -0.900. The molecule has 2 aliphatic rings. The molecular formula is C16H25N3. The normalized spacial score (nSPS) is 29.3. The highest BCUT2D eigenvalue weighted by atomic mass is 15.1. The summed E-state index contributed by atoms with van der Waals surface area (Å²) in [6.45, 7) is 7.00. The monoisotopic (exact) mass is 259 g/mol. The van der Waals surface area contributed by atoms with E-state index in [9.17, 15) is 0 Å². The maximum Gasteiger partial charge on any atom is 0.0233 e. The van der Waals surface area contributed by atoms with Gasteiger partial charge in [-0.15, -0.1) is 0 Å². The quantitative estimate of drug-likeness (QED) is 0.860. The molecular weight excluding hydrogens is 234 g/mol. The molecule has 2 aliphatic heterocycles. The molecule has 0 aliphatic carbocycles. The zero-order valence-corrected chi connectivity index (χ0v) is 11.6. The molecule has 1 aromatic carbocycles. The highest BCUT2D eigenvalue weighted by molar-refractivity contribution is 5.14. The third-order valence-corrected chi connectivity index (χ3v) is 4.43. The molecule has 2 heterocycles. The van der Waals surface area contributed by atoms with Crippen LogP contribution >= 0.6 is 0 Å². The van der Waals surface area contributed by atoms with Gasteiger partial charge in [-0.2, -0.15) is 0 Å². The summed E-state index contributed by atoms with van der Waals surface area (Å²) in [5, 5.41) is 7.20. The van der Waals surface area contributed by atoms with Crippen molar-refractivity contribution < 1.29 is 0 Å². The molecule has 2 unspecified atom stereocenters. The number of benzene rings is 1. The first-order valence-corrected chi connectivity index (χ1v) is 7.62. The van der Waals surface area contributed by atoms with Crippen molar-refractivity contribution in [1.82, 2.24) is 15.5 Å². The SMILES string of the molecule is c1ccc(CN2CCCC(C3CNCCN3)C2)cc1. The number of nitrogens with zero attached hydrogens (tertiary/aromatic N) is 1. The molecule has 0 amide bonds. The Bertz CT molecular complexity index is 373. The van der Waals surface area contributed by atoms with E-state index in [1.54, 1.807) is 0 Å². The molecule has 0 saturated carbocycles. The Morgan fingerprint density at radius 3 is 2.84 bits per heavy atom. The second-order valence-electron chi connectivity index (χ2n) is 5.89. The van der Waals surface area contributed by atoms with E-state index in [1.165, 1.54) is 31.5 Å². The van der Waals surface area contributed by atoms with Crippen molar-refractivity contribution in [2.75, 3.05) is 32.7 Å². The van der Waals surface area contributed by atoms with Crippen LogP contribution in [0.2, 0.25) is 0 Å². The first-order chi connectivity index (χ1) is 9.42. The lowest BCUT2D eigenvalue weighted by molar-refractivity contribution is 0.134. The Labute approximate surface area is 116 Å². The van der Waals surface area contributed by atoms with Crippen LogP contribution in [0.25, 0.3) is 0 Å². The van der Waals surface area contributed by atoms with Crippen LogP contribution in [-0.4, -0.2) is 43.7 Å². The Kier molecular flexibility index (Phi) is 4.49. The summed E-state index contributed by atoms with van der Waals surface area (Å²) in [6.07, 6.45) is 2.72. The summed E-state index contributed by atoms with van der Waals surface area (Å²) >= 11 is 0. The fourth-order valence-corrected chi connectivity index (χ4v) is 3.41. The van der Waals surface area contributed by atoms with Gasteiger partial charge in [0.15, 0.2) is 0 Å². The van der Waals surface area contributed by atoms with Crippen LogP contribution in [0, 0.1) is 5.92 Å². The third kappa shape index (κ3) is 3.56. The number of hydrogen-bond donors (Lipinski definition) is 2. The van der Waals surface area contributed by atoms with Gasteiger partial charge in [0.25, 0.3) is 0 Å². The van der Waals surface area contributed by atoms with Gasteiger partial charge in [0, 0.05) is 38.8 Å². The average molecular weight is 259 g/mol. The number of piperazine rings is 1. The molecule has 2 fully saturated rings. The molecule has 3 heteroatoms. The lowest BCUT2D eigenvalue weighted by atomic mass is 9.89. The van der Waals surface area contributed by atoms with Crippen molar-refractivity contribution in [3.05, 3.63) is 35.9 Å². The van der Waals surface area contributed by atoms with Gasteiger partial charge in [0.2, 0.25) is 0 Å². The van der Waals surface area contributed by atoms with Gasteiger partial charge < -0.3 is 10.6 Å². The van der Waals surface area contributed by atoms with Crippen molar-refractivity contribution in [1.29, 1.82) is 0 Å². The smallest absolute Gasteiger partial charge is 0.0233 e. The summed E-state index contributed by atoms with van der Waals surface area (Å²) in [5.74, 6) is 0.810. The summed E-state index contributed by atoms with van der Waals surface area (Å²) < 4.78 is 0. The van der Waals surface area contributed by atoms with Gasteiger partial charge in [0.05, 0.1) is 0 Å². The minimum absolute atomic E-state index is 0.673.